The lowest BCUT2D eigenvalue weighted by Crippen LogP contribution is -2.64. The quantitative estimate of drug-likeness (QED) is 0.297. The number of hydrogen-bond donors (Lipinski definition) is 0. The molecule has 1 amide bonds. The summed E-state index contributed by atoms with van der Waals surface area (Å²) in [6.07, 6.45) is 4.86. The lowest BCUT2D eigenvalue weighted by atomic mass is 10.1. The Morgan fingerprint density at radius 1 is 1.82 bits per heavy atom. The van der Waals surface area contributed by atoms with Gasteiger partial charge in [-0.05, 0) is 22.0 Å². The molecule has 2 aliphatic rings. The third kappa shape index (κ3) is 0.927. The number of carbonyl (C=O) groups excluding carboxylic acids is 1. The van der Waals surface area contributed by atoms with E-state index in [1.54, 1.807) is 0 Å². The third-order valence-corrected chi connectivity index (χ3v) is 4.42. The molecule has 0 saturated carbocycles. The maximum atomic E-state index is 11.3. The molecule has 60 valence electrons. The molecule has 0 aromatic carbocycles. The monoisotopic (exact) mass is 234 g/mol. The van der Waals surface area contributed by atoms with Crippen molar-refractivity contribution in [1.82, 2.24) is 0 Å². The van der Waals surface area contributed by atoms with Crippen molar-refractivity contribution in [1.29, 1.82) is 0 Å². The van der Waals surface area contributed by atoms with E-state index in [-0.39, 0.29) is 0 Å². The predicted molar refractivity (Wildman–Crippen MR) is 49.1 cm³/mol. The van der Waals surface area contributed by atoms with Crippen LogP contribution in [0.5, 0.6) is 0 Å². The standard InChI is InChI=1S/C7H9BrNOS/c8-5-9-2-1-3-11-7(9)4-6(9)10/h1-2,7H,3-5H2/q+1/t7-,9?/m0/s1. The van der Waals surface area contributed by atoms with Gasteiger partial charge in [0.05, 0.1) is 0 Å². The van der Waals surface area contributed by atoms with Crippen LogP contribution in [0.3, 0.4) is 0 Å². The highest BCUT2D eigenvalue weighted by Gasteiger charge is 2.54. The summed E-state index contributed by atoms with van der Waals surface area (Å²) in [5, 5.41) is 0.492. The molecule has 0 aliphatic carbocycles. The smallest absolute Gasteiger partial charge is 0.230 e. The second kappa shape index (κ2) is 2.61. The van der Waals surface area contributed by atoms with Crippen LogP contribution in [0, 0.1) is 0 Å². The summed E-state index contributed by atoms with van der Waals surface area (Å²) in [7, 11) is 0. The van der Waals surface area contributed by atoms with E-state index in [2.05, 4.69) is 22.0 Å². The molecule has 0 spiro atoms. The number of rotatable bonds is 1. The van der Waals surface area contributed by atoms with Crippen LogP contribution in [-0.4, -0.2) is 27.0 Å². The summed E-state index contributed by atoms with van der Waals surface area (Å²) in [6, 6.07) is 0. The van der Waals surface area contributed by atoms with E-state index >= 15 is 0 Å². The topological polar surface area (TPSA) is 17.1 Å². The average molecular weight is 235 g/mol. The van der Waals surface area contributed by atoms with Crippen molar-refractivity contribution in [3.63, 3.8) is 0 Å². The molecular formula is C7H9BrNOS+. The molecule has 2 aliphatic heterocycles. The van der Waals surface area contributed by atoms with Gasteiger partial charge in [0.15, 0.2) is 5.37 Å². The fourth-order valence-electron chi connectivity index (χ4n) is 1.48. The number of nitrogens with zero attached hydrogens (tertiary/aromatic N) is 1. The first-order chi connectivity index (χ1) is 5.29. The Hall–Kier alpha value is 0.200. The van der Waals surface area contributed by atoms with Crippen molar-refractivity contribution < 1.29 is 9.28 Å². The molecule has 2 nitrogen and oxygen atoms in total. The molecule has 1 saturated heterocycles. The van der Waals surface area contributed by atoms with Crippen molar-refractivity contribution in [3.8, 4) is 0 Å². The van der Waals surface area contributed by atoms with Crippen molar-refractivity contribution in [3.05, 3.63) is 12.3 Å². The molecule has 0 N–H and O–H groups in total. The molecule has 2 heterocycles. The number of β-lactam (4-membered cyclic amide) rings is 1. The summed E-state index contributed by atoms with van der Waals surface area (Å²) in [5.74, 6) is 1.40. The summed E-state index contributed by atoms with van der Waals surface area (Å²) in [5.41, 5.74) is 0.736. The molecule has 0 aromatic heterocycles. The van der Waals surface area contributed by atoms with Crippen molar-refractivity contribution in [2.24, 2.45) is 0 Å². The van der Waals surface area contributed by atoms with Crippen LogP contribution in [-0.2, 0) is 4.79 Å². The first-order valence-corrected chi connectivity index (χ1v) is 5.73. The number of carbonyl (C=O) groups is 1. The van der Waals surface area contributed by atoms with Gasteiger partial charge < -0.3 is 0 Å². The van der Waals surface area contributed by atoms with E-state index < -0.39 is 0 Å². The Balaban J connectivity index is 2.29. The van der Waals surface area contributed by atoms with Crippen LogP contribution in [0.15, 0.2) is 12.3 Å². The van der Waals surface area contributed by atoms with Gasteiger partial charge in [0.2, 0.25) is 0 Å². The fraction of sp³-hybridized carbons (Fsp3) is 0.571. The number of fused-ring (bicyclic) bond motifs is 1. The molecule has 2 rings (SSSR count). The summed E-state index contributed by atoms with van der Waals surface area (Å²) >= 11 is 5.26. The van der Waals surface area contributed by atoms with Crippen molar-refractivity contribution in [2.75, 3.05) is 11.2 Å². The first kappa shape index (κ1) is 7.83. The normalized spacial score (nSPS) is 41.5. The van der Waals surface area contributed by atoms with Crippen LogP contribution in [0.2, 0.25) is 0 Å². The zero-order valence-corrected chi connectivity index (χ0v) is 8.40. The number of halogens is 1. The fourth-order valence-corrected chi connectivity index (χ4v) is 3.68. The van der Waals surface area contributed by atoms with E-state index in [1.165, 1.54) is 0 Å². The van der Waals surface area contributed by atoms with Gasteiger partial charge in [0, 0.05) is 5.75 Å². The van der Waals surface area contributed by atoms with Gasteiger partial charge in [-0.2, -0.15) is 0 Å². The maximum absolute atomic E-state index is 11.3. The van der Waals surface area contributed by atoms with Gasteiger partial charge in [-0.3, -0.25) is 0 Å². The average Bonchev–Trinajstić information content (AvgIpc) is 2.03. The minimum Gasteiger partial charge on any atom is -0.230 e. The van der Waals surface area contributed by atoms with Crippen LogP contribution in [0.25, 0.3) is 0 Å². The van der Waals surface area contributed by atoms with Crippen LogP contribution >= 0.6 is 27.7 Å². The van der Waals surface area contributed by atoms with Crippen LogP contribution in [0.1, 0.15) is 6.42 Å². The number of alkyl halides is 1. The van der Waals surface area contributed by atoms with Gasteiger partial charge in [0.25, 0.3) is 0 Å². The molecule has 1 fully saturated rings. The Bertz CT molecular complexity index is 230. The summed E-state index contributed by atoms with van der Waals surface area (Å²) < 4.78 is 0.532. The summed E-state index contributed by atoms with van der Waals surface area (Å²) in [6.45, 7) is 0. The Morgan fingerprint density at radius 3 is 3.09 bits per heavy atom. The largest absolute Gasteiger partial charge is 0.326 e. The number of hydrogen-bond acceptors (Lipinski definition) is 2. The minimum absolute atomic E-state index is 0.343. The van der Waals surface area contributed by atoms with E-state index in [0.29, 0.717) is 15.8 Å². The molecule has 0 aromatic rings. The Labute approximate surface area is 78.3 Å². The maximum Gasteiger partial charge on any atom is 0.326 e. The first-order valence-electron chi connectivity index (χ1n) is 3.56. The number of thioether (sulfide) groups is 1. The number of quaternary nitrogens is 1. The van der Waals surface area contributed by atoms with E-state index in [0.717, 1.165) is 17.6 Å². The van der Waals surface area contributed by atoms with Gasteiger partial charge in [0.1, 0.15) is 18.1 Å². The minimum atomic E-state index is 0.343. The molecule has 4 heteroatoms. The second-order valence-corrected chi connectivity index (χ2v) is 4.53. The predicted octanol–water partition coefficient (Wildman–Crippen LogP) is 1.67. The van der Waals surface area contributed by atoms with Gasteiger partial charge in [-0.15, -0.1) is 0 Å². The lowest BCUT2D eigenvalue weighted by Gasteiger charge is -2.46. The Morgan fingerprint density at radius 2 is 2.64 bits per heavy atom. The van der Waals surface area contributed by atoms with E-state index in [4.69, 9.17) is 0 Å². The zero-order chi connectivity index (χ0) is 7.90. The van der Waals surface area contributed by atoms with E-state index in [9.17, 15) is 4.79 Å². The highest BCUT2D eigenvalue weighted by molar-refractivity contribution is 9.09. The van der Waals surface area contributed by atoms with Gasteiger partial charge in [-0.1, -0.05) is 11.8 Å². The Kier molecular flexibility index (Phi) is 1.85. The highest BCUT2D eigenvalue weighted by Crippen LogP contribution is 2.41. The van der Waals surface area contributed by atoms with Crippen molar-refractivity contribution in [2.45, 2.75) is 11.8 Å². The highest BCUT2D eigenvalue weighted by atomic mass is 79.9. The molecule has 0 radical (unpaired) electrons. The zero-order valence-electron chi connectivity index (χ0n) is 6.00. The summed E-state index contributed by atoms with van der Waals surface area (Å²) in [4.78, 5) is 11.3. The lowest BCUT2D eigenvalue weighted by molar-refractivity contribution is -0.828. The molecule has 0 bridgehead atoms. The molecule has 11 heavy (non-hydrogen) atoms. The van der Waals surface area contributed by atoms with Gasteiger partial charge >= 0.3 is 5.91 Å². The molecule has 1 unspecified atom stereocenters. The SMILES string of the molecule is O=C1C[C@@H]2SCC=C[N+]12CBr. The van der Waals surface area contributed by atoms with Crippen LogP contribution in [0.4, 0.5) is 0 Å². The van der Waals surface area contributed by atoms with Crippen molar-refractivity contribution >= 4 is 33.6 Å². The van der Waals surface area contributed by atoms with E-state index in [1.807, 2.05) is 18.0 Å². The molecule has 2 atom stereocenters. The molecular weight excluding hydrogens is 226 g/mol. The van der Waals surface area contributed by atoms with Gasteiger partial charge in [-0.25, -0.2) is 9.28 Å². The van der Waals surface area contributed by atoms with Crippen LogP contribution < -0.4 is 0 Å². The second-order valence-electron chi connectivity index (χ2n) is 2.82. The number of amides is 1. The third-order valence-electron chi connectivity index (χ3n) is 2.28.